The van der Waals surface area contributed by atoms with Gasteiger partial charge in [-0.3, -0.25) is 10.4 Å². The van der Waals surface area contributed by atoms with Crippen molar-refractivity contribution in [2.24, 2.45) is 5.41 Å². The van der Waals surface area contributed by atoms with E-state index in [1.165, 1.54) is 12.1 Å². The number of nitrogens with zero attached hydrogens (tertiary/aromatic N) is 2. The monoisotopic (exact) mass is 375 g/mol. The highest BCUT2D eigenvalue weighted by atomic mass is 19.3. The topological polar surface area (TPSA) is 18.5 Å². The molecule has 0 atom stereocenters. The SMILES string of the molecule is Fc1cccc(C2=CC3=CN(C45CCC(C(F)F)(CC4)CC5)CCN3N2)c1. The summed E-state index contributed by atoms with van der Waals surface area (Å²) in [7, 11) is 0. The van der Waals surface area contributed by atoms with Gasteiger partial charge >= 0.3 is 0 Å². The Bertz CT molecular complexity index is 792. The molecular formula is C21H24F3N3. The average molecular weight is 375 g/mol. The Labute approximate surface area is 157 Å². The van der Waals surface area contributed by atoms with Gasteiger partial charge in [-0.1, -0.05) is 12.1 Å². The summed E-state index contributed by atoms with van der Waals surface area (Å²) in [5, 5.41) is 2.09. The number of alkyl halides is 2. The van der Waals surface area contributed by atoms with Crippen LogP contribution in [-0.2, 0) is 0 Å². The van der Waals surface area contributed by atoms with Gasteiger partial charge in [0.25, 0.3) is 0 Å². The predicted octanol–water partition coefficient (Wildman–Crippen LogP) is 4.50. The molecule has 6 rings (SSSR count). The Balaban J connectivity index is 1.38. The molecule has 0 aromatic heterocycles. The van der Waals surface area contributed by atoms with E-state index >= 15 is 0 Å². The van der Waals surface area contributed by atoms with Gasteiger partial charge in [-0.15, -0.1) is 0 Å². The molecule has 1 N–H and O–H groups in total. The van der Waals surface area contributed by atoms with E-state index in [9.17, 15) is 13.2 Å². The molecule has 2 heterocycles. The second-order valence-corrected chi connectivity index (χ2v) is 8.47. The number of benzene rings is 1. The van der Waals surface area contributed by atoms with Crippen LogP contribution in [0.5, 0.6) is 0 Å². The summed E-state index contributed by atoms with van der Waals surface area (Å²) in [5.41, 5.74) is 5.44. The van der Waals surface area contributed by atoms with Crippen LogP contribution in [0.15, 0.2) is 42.2 Å². The van der Waals surface area contributed by atoms with Gasteiger partial charge in [0.2, 0.25) is 6.43 Å². The third-order valence-corrected chi connectivity index (χ3v) is 7.18. The highest BCUT2D eigenvalue weighted by Crippen LogP contribution is 2.57. The second kappa shape index (κ2) is 5.94. The van der Waals surface area contributed by atoms with Crippen molar-refractivity contribution in [3.63, 3.8) is 0 Å². The van der Waals surface area contributed by atoms with Crippen LogP contribution in [0, 0.1) is 11.2 Å². The van der Waals surface area contributed by atoms with E-state index in [2.05, 4.69) is 21.5 Å². The van der Waals surface area contributed by atoms with Gasteiger partial charge in [-0.05, 0) is 56.7 Å². The van der Waals surface area contributed by atoms with Crippen LogP contribution < -0.4 is 5.43 Å². The van der Waals surface area contributed by atoms with E-state index in [1.807, 2.05) is 12.1 Å². The Morgan fingerprint density at radius 1 is 1.00 bits per heavy atom. The maximum Gasteiger partial charge on any atom is 0.244 e. The first-order chi connectivity index (χ1) is 13.0. The lowest BCUT2D eigenvalue weighted by Crippen LogP contribution is -2.59. The Kier molecular flexibility index (Phi) is 3.75. The van der Waals surface area contributed by atoms with Crippen molar-refractivity contribution in [2.75, 3.05) is 13.1 Å². The highest BCUT2D eigenvalue weighted by Gasteiger charge is 2.55. The molecule has 27 heavy (non-hydrogen) atoms. The Morgan fingerprint density at radius 3 is 2.41 bits per heavy atom. The number of hydrogen-bond donors (Lipinski definition) is 1. The largest absolute Gasteiger partial charge is 0.368 e. The summed E-state index contributed by atoms with van der Waals surface area (Å²) in [4.78, 5) is 2.40. The lowest BCUT2D eigenvalue weighted by Gasteiger charge is -2.58. The summed E-state index contributed by atoms with van der Waals surface area (Å²) in [6.07, 6.45) is 6.50. The summed E-state index contributed by atoms with van der Waals surface area (Å²) in [5.74, 6) is -0.249. The molecule has 2 bridgehead atoms. The van der Waals surface area contributed by atoms with Crippen LogP contribution in [0.4, 0.5) is 13.2 Å². The van der Waals surface area contributed by atoms with Crippen LogP contribution in [-0.4, -0.2) is 35.0 Å². The van der Waals surface area contributed by atoms with Crippen molar-refractivity contribution in [1.29, 1.82) is 0 Å². The zero-order valence-corrected chi connectivity index (χ0v) is 15.2. The molecule has 144 valence electrons. The smallest absolute Gasteiger partial charge is 0.244 e. The van der Waals surface area contributed by atoms with E-state index in [-0.39, 0.29) is 11.4 Å². The van der Waals surface area contributed by atoms with Crippen molar-refractivity contribution in [1.82, 2.24) is 15.3 Å². The van der Waals surface area contributed by atoms with Crippen LogP contribution in [0.1, 0.15) is 44.1 Å². The molecule has 0 saturated heterocycles. The molecule has 3 saturated carbocycles. The first-order valence-electron chi connectivity index (χ1n) is 9.78. The summed E-state index contributed by atoms with van der Waals surface area (Å²) in [6.45, 7) is 1.70. The molecule has 0 spiro atoms. The number of rotatable bonds is 3. The molecule has 2 aliphatic heterocycles. The first-order valence-corrected chi connectivity index (χ1v) is 9.78. The summed E-state index contributed by atoms with van der Waals surface area (Å²) in [6, 6.07) is 6.58. The zero-order valence-electron chi connectivity index (χ0n) is 15.2. The fourth-order valence-electron chi connectivity index (χ4n) is 5.32. The fourth-order valence-corrected chi connectivity index (χ4v) is 5.32. The van der Waals surface area contributed by atoms with Crippen molar-refractivity contribution in [3.05, 3.63) is 53.6 Å². The maximum absolute atomic E-state index is 13.5. The predicted molar refractivity (Wildman–Crippen MR) is 97.9 cm³/mol. The van der Waals surface area contributed by atoms with E-state index in [0.29, 0.717) is 19.3 Å². The first kappa shape index (κ1) is 17.0. The van der Waals surface area contributed by atoms with Gasteiger partial charge in [0.15, 0.2) is 0 Å². The van der Waals surface area contributed by atoms with E-state index in [4.69, 9.17) is 0 Å². The van der Waals surface area contributed by atoms with Gasteiger partial charge in [-0.2, -0.15) is 0 Å². The number of hydrogen-bond acceptors (Lipinski definition) is 3. The number of nitrogens with one attached hydrogen (secondary N) is 1. The Hall–Kier alpha value is -2.11. The van der Waals surface area contributed by atoms with Crippen LogP contribution in [0.2, 0.25) is 0 Å². The maximum atomic E-state index is 13.5. The number of halogens is 3. The van der Waals surface area contributed by atoms with Crippen molar-refractivity contribution in [2.45, 2.75) is 50.5 Å². The Morgan fingerprint density at radius 2 is 1.74 bits per heavy atom. The van der Waals surface area contributed by atoms with Crippen LogP contribution >= 0.6 is 0 Å². The third kappa shape index (κ3) is 2.64. The number of fused-ring (bicyclic) bond motifs is 4. The molecule has 3 aliphatic carbocycles. The number of hydrazine groups is 1. The van der Waals surface area contributed by atoms with Crippen LogP contribution in [0.25, 0.3) is 5.70 Å². The van der Waals surface area contributed by atoms with E-state index in [1.54, 1.807) is 6.07 Å². The van der Waals surface area contributed by atoms with Gasteiger partial charge in [0.1, 0.15) is 5.82 Å². The quantitative estimate of drug-likeness (QED) is 0.839. The molecule has 1 aromatic rings. The molecule has 0 amide bonds. The minimum Gasteiger partial charge on any atom is -0.368 e. The van der Waals surface area contributed by atoms with Crippen LogP contribution in [0.3, 0.4) is 0 Å². The molecule has 0 radical (unpaired) electrons. The molecule has 5 aliphatic rings. The van der Waals surface area contributed by atoms with E-state index in [0.717, 1.165) is 49.3 Å². The molecule has 3 fully saturated rings. The molecular weight excluding hydrogens is 351 g/mol. The third-order valence-electron chi connectivity index (χ3n) is 7.18. The minimum atomic E-state index is -2.19. The number of allylic oxidation sites excluding steroid dienone is 1. The van der Waals surface area contributed by atoms with Crippen molar-refractivity contribution in [3.8, 4) is 0 Å². The fraction of sp³-hybridized carbons (Fsp3) is 0.524. The normalized spacial score (nSPS) is 32.3. The average Bonchev–Trinajstić information content (AvgIpc) is 3.13. The lowest BCUT2D eigenvalue weighted by molar-refractivity contribution is -0.114. The highest BCUT2D eigenvalue weighted by molar-refractivity contribution is 5.69. The van der Waals surface area contributed by atoms with Crippen molar-refractivity contribution >= 4 is 5.70 Å². The molecule has 3 nitrogen and oxygen atoms in total. The molecule has 1 aromatic carbocycles. The standard InChI is InChI=1S/C21H24F3N3/c22-16-3-1-2-15(12-16)18-13-17-14-26(10-11-27(17)25-18)21-7-4-20(5-8-21,6-9-21)19(23)24/h1-3,12-14,19,25H,4-11H2. The lowest BCUT2D eigenvalue weighted by atomic mass is 9.57. The minimum absolute atomic E-state index is 0.0329. The van der Waals surface area contributed by atoms with Gasteiger partial charge in [-0.25, -0.2) is 13.2 Å². The van der Waals surface area contributed by atoms with E-state index < -0.39 is 11.8 Å². The molecule has 0 unspecified atom stereocenters. The summed E-state index contributed by atoms with van der Waals surface area (Å²) >= 11 is 0. The van der Waals surface area contributed by atoms with Gasteiger partial charge in [0.05, 0.1) is 17.9 Å². The van der Waals surface area contributed by atoms with Gasteiger partial charge < -0.3 is 4.90 Å². The second-order valence-electron chi connectivity index (χ2n) is 8.47. The van der Waals surface area contributed by atoms with Gasteiger partial charge in [0, 0.05) is 29.3 Å². The summed E-state index contributed by atoms with van der Waals surface area (Å²) < 4.78 is 40.5. The molecule has 6 heteroatoms. The van der Waals surface area contributed by atoms with Crippen molar-refractivity contribution < 1.29 is 13.2 Å². The zero-order chi connectivity index (χ0) is 18.6.